The molecule has 1 unspecified atom stereocenters. The predicted molar refractivity (Wildman–Crippen MR) is 67.6 cm³/mol. The van der Waals surface area contributed by atoms with E-state index in [0.29, 0.717) is 18.8 Å². The van der Waals surface area contributed by atoms with Crippen LogP contribution in [0.4, 0.5) is 0 Å². The molecule has 0 saturated carbocycles. The Balaban J connectivity index is 2.65. The van der Waals surface area contributed by atoms with Gasteiger partial charge in [-0.25, -0.2) is 0 Å². The van der Waals surface area contributed by atoms with Crippen LogP contribution in [-0.2, 0) is 4.79 Å². The number of Topliss-reactive ketones (excluding diaryl/α,β-unsaturated/α-hetero) is 1. The minimum absolute atomic E-state index is 0.126. The highest BCUT2D eigenvalue weighted by Gasteiger charge is 2.10. The molecular formula is C14H20O3. The maximum atomic E-state index is 11.0. The molecule has 0 spiro atoms. The van der Waals surface area contributed by atoms with Gasteiger partial charge in [0.1, 0.15) is 11.9 Å². The lowest BCUT2D eigenvalue weighted by molar-refractivity contribution is -0.118. The number of ketones is 1. The summed E-state index contributed by atoms with van der Waals surface area (Å²) in [6.45, 7) is 6.18. The van der Waals surface area contributed by atoms with E-state index < -0.39 is 0 Å². The fourth-order valence-electron chi connectivity index (χ4n) is 1.54. The predicted octanol–water partition coefficient (Wildman–Crippen LogP) is 3.22. The second kappa shape index (κ2) is 6.94. The van der Waals surface area contributed by atoms with Crippen LogP contribution >= 0.6 is 0 Å². The highest BCUT2D eigenvalue weighted by molar-refractivity contribution is 5.75. The summed E-state index contributed by atoms with van der Waals surface area (Å²) in [7, 11) is 0. The molecule has 94 valence electrons. The minimum Gasteiger partial charge on any atom is -0.490 e. The number of para-hydroxylation sites is 2. The van der Waals surface area contributed by atoms with E-state index in [2.05, 4.69) is 6.92 Å². The number of hydrogen-bond donors (Lipinski definition) is 0. The highest BCUT2D eigenvalue weighted by atomic mass is 16.5. The summed E-state index contributed by atoms with van der Waals surface area (Å²) in [4.78, 5) is 11.0. The van der Waals surface area contributed by atoms with Crippen molar-refractivity contribution in [1.82, 2.24) is 0 Å². The van der Waals surface area contributed by atoms with E-state index >= 15 is 0 Å². The second-order valence-electron chi connectivity index (χ2n) is 4.13. The Morgan fingerprint density at radius 3 is 2.53 bits per heavy atom. The van der Waals surface area contributed by atoms with Crippen molar-refractivity contribution in [2.45, 2.75) is 39.7 Å². The first kappa shape index (κ1) is 13.6. The van der Waals surface area contributed by atoms with Gasteiger partial charge in [0.25, 0.3) is 0 Å². The fourth-order valence-corrected chi connectivity index (χ4v) is 1.54. The molecule has 0 aliphatic rings. The molecular weight excluding hydrogens is 216 g/mol. The first-order chi connectivity index (χ1) is 8.13. The molecule has 17 heavy (non-hydrogen) atoms. The van der Waals surface area contributed by atoms with Gasteiger partial charge in [0.15, 0.2) is 11.5 Å². The molecule has 0 saturated heterocycles. The van der Waals surface area contributed by atoms with Gasteiger partial charge in [-0.15, -0.1) is 0 Å². The smallest absolute Gasteiger partial charge is 0.161 e. The highest BCUT2D eigenvalue weighted by Crippen LogP contribution is 2.27. The third-order valence-corrected chi connectivity index (χ3v) is 2.21. The first-order valence-electron chi connectivity index (χ1n) is 6.01. The summed E-state index contributed by atoms with van der Waals surface area (Å²) in [5.74, 6) is 1.57. The van der Waals surface area contributed by atoms with Crippen LogP contribution in [0, 0.1) is 0 Å². The van der Waals surface area contributed by atoms with Gasteiger partial charge >= 0.3 is 0 Å². The zero-order valence-electron chi connectivity index (χ0n) is 10.7. The van der Waals surface area contributed by atoms with Gasteiger partial charge in [0, 0.05) is 6.42 Å². The van der Waals surface area contributed by atoms with Gasteiger partial charge in [-0.2, -0.15) is 0 Å². The van der Waals surface area contributed by atoms with E-state index in [0.717, 1.165) is 12.2 Å². The second-order valence-corrected chi connectivity index (χ2v) is 4.13. The Morgan fingerprint density at radius 2 is 1.94 bits per heavy atom. The van der Waals surface area contributed by atoms with E-state index in [1.54, 1.807) is 6.92 Å². The summed E-state index contributed by atoms with van der Waals surface area (Å²) >= 11 is 0. The minimum atomic E-state index is -0.126. The number of benzene rings is 1. The standard InChI is InChI=1S/C14H20O3/c1-4-9-16-13-7-5-6-8-14(13)17-12(3)10-11(2)15/h5-8,12H,4,9-10H2,1-3H3. The zero-order valence-corrected chi connectivity index (χ0v) is 10.7. The largest absolute Gasteiger partial charge is 0.490 e. The van der Waals surface area contributed by atoms with Gasteiger partial charge < -0.3 is 9.47 Å². The molecule has 1 aromatic rings. The van der Waals surface area contributed by atoms with Crippen LogP contribution in [0.25, 0.3) is 0 Å². The van der Waals surface area contributed by atoms with Crippen LogP contribution < -0.4 is 9.47 Å². The molecule has 0 radical (unpaired) electrons. The average molecular weight is 236 g/mol. The van der Waals surface area contributed by atoms with Crippen molar-refractivity contribution >= 4 is 5.78 Å². The van der Waals surface area contributed by atoms with Gasteiger partial charge in [-0.3, -0.25) is 4.79 Å². The lowest BCUT2D eigenvalue weighted by Crippen LogP contribution is -2.16. The zero-order chi connectivity index (χ0) is 12.7. The molecule has 0 aliphatic carbocycles. The van der Waals surface area contributed by atoms with Gasteiger partial charge in [0.05, 0.1) is 6.61 Å². The molecule has 3 nitrogen and oxygen atoms in total. The van der Waals surface area contributed by atoms with Crippen LogP contribution in [0.5, 0.6) is 11.5 Å². The lowest BCUT2D eigenvalue weighted by atomic mass is 10.2. The molecule has 3 heteroatoms. The molecule has 0 aliphatic heterocycles. The van der Waals surface area contributed by atoms with E-state index in [1.165, 1.54) is 0 Å². The molecule has 0 aromatic heterocycles. The van der Waals surface area contributed by atoms with E-state index in [-0.39, 0.29) is 11.9 Å². The van der Waals surface area contributed by atoms with Gasteiger partial charge in [0.2, 0.25) is 0 Å². The maximum absolute atomic E-state index is 11.0. The summed E-state index contributed by atoms with van der Waals surface area (Å²) in [6, 6.07) is 7.55. The van der Waals surface area contributed by atoms with Crippen LogP contribution in [0.3, 0.4) is 0 Å². The normalized spacial score (nSPS) is 11.9. The molecule has 0 N–H and O–H groups in total. The van der Waals surface area contributed by atoms with Crippen LogP contribution in [0.2, 0.25) is 0 Å². The number of hydrogen-bond acceptors (Lipinski definition) is 3. The Labute approximate surface area is 103 Å². The maximum Gasteiger partial charge on any atom is 0.161 e. The quantitative estimate of drug-likeness (QED) is 0.729. The molecule has 1 aromatic carbocycles. The summed E-state index contributed by atoms with van der Waals surface area (Å²) in [5, 5.41) is 0. The number of rotatable bonds is 7. The van der Waals surface area contributed by atoms with Crippen molar-refractivity contribution in [3.05, 3.63) is 24.3 Å². The molecule has 0 fully saturated rings. The van der Waals surface area contributed by atoms with Gasteiger partial charge in [-0.1, -0.05) is 19.1 Å². The molecule has 1 atom stereocenters. The summed E-state index contributed by atoms with van der Waals surface area (Å²) < 4.78 is 11.3. The number of ether oxygens (including phenoxy) is 2. The van der Waals surface area contributed by atoms with Crippen molar-refractivity contribution in [3.8, 4) is 11.5 Å². The number of carbonyl (C=O) groups excluding carboxylic acids is 1. The van der Waals surface area contributed by atoms with Crippen molar-refractivity contribution in [2.24, 2.45) is 0 Å². The van der Waals surface area contributed by atoms with Crippen molar-refractivity contribution in [2.75, 3.05) is 6.61 Å². The fraction of sp³-hybridized carbons (Fsp3) is 0.500. The van der Waals surface area contributed by atoms with Crippen LogP contribution in [0.1, 0.15) is 33.6 Å². The van der Waals surface area contributed by atoms with Crippen molar-refractivity contribution in [3.63, 3.8) is 0 Å². The first-order valence-corrected chi connectivity index (χ1v) is 6.01. The Bertz CT molecular complexity index is 360. The Morgan fingerprint density at radius 1 is 1.29 bits per heavy atom. The number of carbonyl (C=O) groups is 1. The van der Waals surface area contributed by atoms with Crippen LogP contribution in [0.15, 0.2) is 24.3 Å². The third kappa shape index (κ3) is 4.89. The summed E-state index contributed by atoms with van der Waals surface area (Å²) in [5.41, 5.74) is 0. The van der Waals surface area contributed by atoms with E-state index in [4.69, 9.17) is 9.47 Å². The van der Waals surface area contributed by atoms with E-state index in [9.17, 15) is 4.79 Å². The van der Waals surface area contributed by atoms with E-state index in [1.807, 2.05) is 31.2 Å². The topological polar surface area (TPSA) is 35.5 Å². The summed E-state index contributed by atoms with van der Waals surface area (Å²) in [6.07, 6.45) is 1.25. The molecule has 0 heterocycles. The molecule has 0 amide bonds. The van der Waals surface area contributed by atoms with Crippen molar-refractivity contribution < 1.29 is 14.3 Å². The lowest BCUT2D eigenvalue weighted by Gasteiger charge is -2.16. The molecule has 0 bridgehead atoms. The SMILES string of the molecule is CCCOc1ccccc1OC(C)CC(C)=O. The Kier molecular flexibility index (Phi) is 5.53. The monoisotopic (exact) mass is 236 g/mol. The van der Waals surface area contributed by atoms with Crippen molar-refractivity contribution in [1.29, 1.82) is 0 Å². The average Bonchev–Trinajstić information content (AvgIpc) is 2.26. The Hall–Kier alpha value is -1.51. The third-order valence-electron chi connectivity index (χ3n) is 2.21. The molecule has 1 rings (SSSR count). The van der Waals surface area contributed by atoms with Crippen LogP contribution in [-0.4, -0.2) is 18.5 Å². The van der Waals surface area contributed by atoms with Gasteiger partial charge in [-0.05, 0) is 32.4 Å².